The van der Waals surface area contributed by atoms with Crippen LogP contribution in [0.5, 0.6) is 5.75 Å². The molecule has 2 rings (SSSR count). The molecule has 0 aromatic heterocycles. The van der Waals surface area contributed by atoms with E-state index in [0.29, 0.717) is 10.6 Å². The number of ketones is 1. The smallest absolute Gasteiger partial charge is 0.342 e. The van der Waals surface area contributed by atoms with Gasteiger partial charge in [-0.25, -0.2) is 4.79 Å². The molecule has 0 bridgehead atoms. The molecule has 0 fully saturated rings. The van der Waals surface area contributed by atoms with E-state index < -0.39 is 12.6 Å². The molecule has 6 heteroatoms. The molecule has 0 aliphatic carbocycles. The predicted octanol–water partition coefficient (Wildman–Crippen LogP) is 3.81. The number of thioether (sulfide) groups is 1. The first-order valence-corrected chi connectivity index (χ1v) is 7.94. The lowest BCUT2D eigenvalue weighted by Crippen LogP contribution is -2.14. The molecule has 22 heavy (non-hydrogen) atoms. The highest BCUT2D eigenvalue weighted by Crippen LogP contribution is 2.22. The highest BCUT2D eigenvalue weighted by molar-refractivity contribution is 7.98. The Balaban J connectivity index is 2.00. The number of phenolic OH excluding ortho intramolecular Hbond substituents is 1. The number of carbonyl (C=O) groups is 2. The second kappa shape index (κ2) is 7.33. The van der Waals surface area contributed by atoms with Gasteiger partial charge in [0.05, 0.1) is 0 Å². The number of aromatic hydroxyl groups is 1. The number of carbonyl (C=O) groups excluding carboxylic acids is 2. The van der Waals surface area contributed by atoms with Gasteiger partial charge in [-0.1, -0.05) is 23.7 Å². The SMILES string of the molecule is CSc1ccc(C(=O)COC(=O)c2cc(Cl)ccc2O)cc1. The molecule has 1 N–H and O–H groups in total. The highest BCUT2D eigenvalue weighted by Gasteiger charge is 2.15. The Labute approximate surface area is 137 Å². The Bertz CT molecular complexity index is 698. The second-order valence-corrected chi connectivity index (χ2v) is 5.71. The molecule has 2 aromatic rings. The number of phenols is 1. The van der Waals surface area contributed by atoms with E-state index in [4.69, 9.17) is 16.3 Å². The van der Waals surface area contributed by atoms with Crippen LogP contribution in [0.25, 0.3) is 0 Å². The molecule has 0 saturated heterocycles. The molecule has 0 aliphatic rings. The fourth-order valence-corrected chi connectivity index (χ4v) is 2.32. The zero-order chi connectivity index (χ0) is 16.1. The molecular weight excluding hydrogens is 324 g/mol. The molecule has 114 valence electrons. The van der Waals surface area contributed by atoms with Crippen molar-refractivity contribution >= 4 is 35.1 Å². The molecule has 0 atom stereocenters. The van der Waals surface area contributed by atoms with E-state index in [1.807, 2.05) is 18.4 Å². The van der Waals surface area contributed by atoms with Gasteiger partial charge in [0.15, 0.2) is 12.4 Å². The van der Waals surface area contributed by atoms with E-state index in [1.54, 1.807) is 23.9 Å². The largest absolute Gasteiger partial charge is 0.507 e. The van der Waals surface area contributed by atoms with Crippen molar-refractivity contribution in [3.05, 3.63) is 58.6 Å². The Kier molecular flexibility index (Phi) is 5.46. The molecule has 0 amide bonds. The van der Waals surface area contributed by atoms with Crippen molar-refractivity contribution in [1.29, 1.82) is 0 Å². The lowest BCUT2D eigenvalue weighted by Gasteiger charge is -2.06. The first-order valence-electron chi connectivity index (χ1n) is 6.34. The van der Waals surface area contributed by atoms with Crippen LogP contribution in [-0.4, -0.2) is 29.7 Å². The number of Topliss-reactive ketones (excluding diaryl/α,β-unsaturated/α-hetero) is 1. The van der Waals surface area contributed by atoms with Crippen LogP contribution in [0.1, 0.15) is 20.7 Å². The summed E-state index contributed by atoms with van der Waals surface area (Å²) in [6.45, 7) is -0.399. The first-order chi connectivity index (χ1) is 10.5. The van der Waals surface area contributed by atoms with Crippen molar-refractivity contribution in [2.45, 2.75) is 4.90 Å². The summed E-state index contributed by atoms with van der Waals surface area (Å²) in [5, 5.41) is 9.89. The minimum atomic E-state index is -0.797. The van der Waals surface area contributed by atoms with Crippen molar-refractivity contribution in [3.8, 4) is 5.75 Å². The number of halogens is 1. The number of ether oxygens (including phenoxy) is 1. The molecular formula is C16H13ClO4S. The van der Waals surface area contributed by atoms with E-state index in [0.717, 1.165) is 4.90 Å². The molecule has 4 nitrogen and oxygen atoms in total. The Morgan fingerprint density at radius 3 is 2.50 bits per heavy atom. The third-order valence-corrected chi connectivity index (χ3v) is 3.90. The molecule has 0 unspecified atom stereocenters. The lowest BCUT2D eigenvalue weighted by atomic mass is 10.1. The van der Waals surface area contributed by atoms with Gasteiger partial charge in [-0.3, -0.25) is 4.79 Å². The van der Waals surface area contributed by atoms with Gasteiger partial charge in [0.2, 0.25) is 0 Å². The summed E-state index contributed by atoms with van der Waals surface area (Å²) >= 11 is 7.33. The van der Waals surface area contributed by atoms with Gasteiger partial charge in [0.25, 0.3) is 0 Å². The van der Waals surface area contributed by atoms with Gasteiger partial charge in [-0.05, 0) is 36.6 Å². The number of benzene rings is 2. The van der Waals surface area contributed by atoms with E-state index in [-0.39, 0.29) is 17.1 Å². The lowest BCUT2D eigenvalue weighted by molar-refractivity contribution is 0.0472. The number of esters is 1. The van der Waals surface area contributed by atoms with Crippen LogP contribution >= 0.6 is 23.4 Å². The summed E-state index contributed by atoms with van der Waals surface area (Å²) in [7, 11) is 0. The maximum atomic E-state index is 12.0. The summed E-state index contributed by atoms with van der Waals surface area (Å²) in [4.78, 5) is 24.9. The Hall–Kier alpha value is -1.98. The zero-order valence-electron chi connectivity index (χ0n) is 11.7. The van der Waals surface area contributed by atoms with Crippen LogP contribution in [0.4, 0.5) is 0 Å². The van der Waals surface area contributed by atoms with Gasteiger partial charge < -0.3 is 9.84 Å². The molecule has 0 saturated carbocycles. The number of rotatable bonds is 5. The van der Waals surface area contributed by atoms with E-state index in [2.05, 4.69) is 0 Å². The topological polar surface area (TPSA) is 63.6 Å². The molecule has 0 heterocycles. The minimum absolute atomic E-state index is 0.0713. The quantitative estimate of drug-likeness (QED) is 0.511. The number of hydrogen-bond donors (Lipinski definition) is 1. The van der Waals surface area contributed by atoms with Crippen LogP contribution in [0.15, 0.2) is 47.4 Å². The average Bonchev–Trinajstić information content (AvgIpc) is 2.54. The standard InChI is InChI=1S/C16H13ClO4S/c1-22-12-5-2-10(3-6-12)15(19)9-21-16(20)13-8-11(17)4-7-14(13)18/h2-8,18H,9H2,1H3. The average molecular weight is 337 g/mol. The van der Waals surface area contributed by atoms with Gasteiger partial charge in [0.1, 0.15) is 11.3 Å². The molecule has 0 aliphatic heterocycles. The van der Waals surface area contributed by atoms with Crippen LogP contribution in [0.2, 0.25) is 5.02 Å². The van der Waals surface area contributed by atoms with Crippen molar-refractivity contribution < 1.29 is 19.4 Å². The summed E-state index contributed by atoms with van der Waals surface area (Å²) in [5.74, 6) is -1.36. The van der Waals surface area contributed by atoms with Crippen LogP contribution in [0.3, 0.4) is 0 Å². The summed E-state index contributed by atoms with van der Waals surface area (Å²) in [5.41, 5.74) is 0.388. The molecule has 0 radical (unpaired) electrons. The maximum Gasteiger partial charge on any atom is 0.342 e. The van der Waals surface area contributed by atoms with Gasteiger partial charge in [-0.15, -0.1) is 11.8 Å². The third kappa shape index (κ3) is 4.02. The van der Waals surface area contributed by atoms with Crippen LogP contribution in [0, 0.1) is 0 Å². The Morgan fingerprint density at radius 1 is 1.18 bits per heavy atom. The van der Waals surface area contributed by atoms with Gasteiger partial charge in [-0.2, -0.15) is 0 Å². The van der Waals surface area contributed by atoms with Crippen molar-refractivity contribution in [3.63, 3.8) is 0 Å². The number of hydrogen-bond acceptors (Lipinski definition) is 5. The van der Waals surface area contributed by atoms with E-state index in [1.165, 1.54) is 18.2 Å². The predicted molar refractivity (Wildman–Crippen MR) is 86.0 cm³/mol. The third-order valence-electron chi connectivity index (χ3n) is 2.92. The second-order valence-electron chi connectivity index (χ2n) is 4.39. The van der Waals surface area contributed by atoms with Crippen LogP contribution in [-0.2, 0) is 4.74 Å². The van der Waals surface area contributed by atoms with Crippen molar-refractivity contribution in [2.75, 3.05) is 12.9 Å². The van der Waals surface area contributed by atoms with E-state index in [9.17, 15) is 14.7 Å². The fourth-order valence-electron chi connectivity index (χ4n) is 1.74. The zero-order valence-corrected chi connectivity index (χ0v) is 13.3. The summed E-state index contributed by atoms with van der Waals surface area (Å²) < 4.78 is 4.92. The summed E-state index contributed by atoms with van der Waals surface area (Å²) in [6.07, 6.45) is 1.94. The van der Waals surface area contributed by atoms with Crippen molar-refractivity contribution in [1.82, 2.24) is 0 Å². The Morgan fingerprint density at radius 2 is 1.86 bits per heavy atom. The van der Waals surface area contributed by atoms with E-state index >= 15 is 0 Å². The minimum Gasteiger partial charge on any atom is -0.507 e. The molecule has 2 aromatic carbocycles. The normalized spacial score (nSPS) is 10.3. The van der Waals surface area contributed by atoms with Crippen LogP contribution < -0.4 is 0 Å². The first kappa shape index (κ1) is 16.4. The highest BCUT2D eigenvalue weighted by atomic mass is 35.5. The summed E-state index contributed by atoms with van der Waals surface area (Å²) in [6, 6.07) is 11.0. The van der Waals surface area contributed by atoms with Gasteiger partial charge in [0, 0.05) is 15.5 Å². The fraction of sp³-hybridized carbons (Fsp3) is 0.125. The monoisotopic (exact) mass is 336 g/mol. The molecule has 0 spiro atoms. The van der Waals surface area contributed by atoms with Gasteiger partial charge >= 0.3 is 5.97 Å². The van der Waals surface area contributed by atoms with Crippen molar-refractivity contribution in [2.24, 2.45) is 0 Å². The maximum absolute atomic E-state index is 12.0.